The molecule has 0 unspecified atom stereocenters. The van der Waals surface area contributed by atoms with Gasteiger partial charge in [-0.2, -0.15) is 0 Å². The molecular weight excluding hydrogens is 322 g/mol. The van der Waals surface area contributed by atoms with Gasteiger partial charge in [-0.3, -0.25) is 10.2 Å². The van der Waals surface area contributed by atoms with Gasteiger partial charge >= 0.3 is 0 Å². The van der Waals surface area contributed by atoms with E-state index in [2.05, 4.69) is 15.2 Å². The third-order valence-corrected chi connectivity index (χ3v) is 5.30. The van der Waals surface area contributed by atoms with Gasteiger partial charge in [0.2, 0.25) is 5.91 Å². The molecule has 0 saturated heterocycles. The van der Waals surface area contributed by atoms with Crippen molar-refractivity contribution in [1.29, 1.82) is 0 Å². The van der Waals surface area contributed by atoms with Gasteiger partial charge in [-0.1, -0.05) is 6.07 Å². The van der Waals surface area contributed by atoms with Gasteiger partial charge in [0, 0.05) is 11.1 Å². The highest BCUT2D eigenvalue weighted by Crippen LogP contribution is 2.14. The van der Waals surface area contributed by atoms with Crippen LogP contribution in [0.1, 0.15) is 21.8 Å². The summed E-state index contributed by atoms with van der Waals surface area (Å²) in [4.78, 5) is 18.1. The Morgan fingerprint density at radius 2 is 1.95 bits per heavy atom. The van der Waals surface area contributed by atoms with E-state index in [0.717, 1.165) is 16.8 Å². The number of carbonyl (C=O) groups is 1. The van der Waals surface area contributed by atoms with E-state index in [1.807, 2.05) is 26.2 Å². The van der Waals surface area contributed by atoms with Crippen LogP contribution in [0.5, 0.6) is 0 Å². The second kappa shape index (κ2) is 6.55. The maximum Gasteiger partial charge on any atom is 0.257 e. The van der Waals surface area contributed by atoms with E-state index in [0.29, 0.717) is 5.01 Å². The minimum absolute atomic E-state index is 0.0357. The highest BCUT2D eigenvalue weighted by molar-refractivity contribution is 7.89. The smallest absolute Gasteiger partial charge is 0.257 e. The average molecular weight is 339 g/mol. The first-order valence-electron chi connectivity index (χ1n) is 6.57. The average Bonchev–Trinajstić information content (AvgIpc) is 2.85. The topological polar surface area (TPSA) is 88.2 Å². The lowest BCUT2D eigenvalue weighted by Crippen LogP contribution is -2.42. The third kappa shape index (κ3) is 4.12. The number of aromatic nitrogens is 1. The zero-order valence-corrected chi connectivity index (χ0v) is 14.1. The summed E-state index contributed by atoms with van der Waals surface area (Å²) in [6.45, 7) is 5.56. The van der Waals surface area contributed by atoms with E-state index < -0.39 is 15.9 Å². The van der Waals surface area contributed by atoms with E-state index >= 15 is 0 Å². The van der Waals surface area contributed by atoms with Gasteiger partial charge in [0.05, 0.1) is 11.3 Å². The maximum atomic E-state index is 12.1. The standard InChI is InChI=1S/C14H17N3O3S2/c1-9-4-5-12(6-10(9)2)22(19,20)17-16-13(18)7-14-15-11(3)8-21-14/h4-6,8,17H,7H2,1-3H3,(H,16,18). The van der Waals surface area contributed by atoms with Crippen molar-refractivity contribution in [3.05, 3.63) is 45.4 Å². The van der Waals surface area contributed by atoms with Crippen LogP contribution >= 0.6 is 11.3 Å². The molecule has 2 rings (SSSR count). The first-order chi connectivity index (χ1) is 10.3. The largest absolute Gasteiger partial charge is 0.277 e. The zero-order valence-electron chi connectivity index (χ0n) is 12.5. The van der Waals surface area contributed by atoms with Crippen molar-refractivity contribution in [1.82, 2.24) is 15.2 Å². The molecule has 2 aromatic rings. The summed E-state index contributed by atoms with van der Waals surface area (Å²) in [5, 5.41) is 2.47. The molecule has 1 heterocycles. The van der Waals surface area contributed by atoms with Crippen molar-refractivity contribution in [2.45, 2.75) is 32.1 Å². The molecule has 1 aromatic carbocycles. The van der Waals surface area contributed by atoms with Crippen molar-refractivity contribution >= 4 is 27.3 Å². The van der Waals surface area contributed by atoms with Crippen LogP contribution in [0.15, 0.2) is 28.5 Å². The molecule has 0 bridgehead atoms. The van der Waals surface area contributed by atoms with Gasteiger partial charge in [0.1, 0.15) is 5.01 Å². The lowest BCUT2D eigenvalue weighted by Gasteiger charge is -2.09. The van der Waals surface area contributed by atoms with Crippen LogP contribution in [-0.4, -0.2) is 19.3 Å². The van der Waals surface area contributed by atoms with Gasteiger partial charge < -0.3 is 0 Å². The van der Waals surface area contributed by atoms with E-state index in [1.54, 1.807) is 12.1 Å². The fourth-order valence-corrected chi connectivity index (χ4v) is 3.45. The van der Waals surface area contributed by atoms with Crippen LogP contribution in [-0.2, 0) is 21.2 Å². The number of nitrogens with one attached hydrogen (secondary N) is 2. The number of thiazole rings is 1. The van der Waals surface area contributed by atoms with Gasteiger partial charge in [0.25, 0.3) is 10.0 Å². The molecule has 1 amide bonds. The van der Waals surface area contributed by atoms with Gasteiger partial charge in [-0.15, -0.1) is 16.2 Å². The molecule has 8 heteroatoms. The minimum atomic E-state index is -3.78. The van der Waals surface area contributed by atoms with Crippen molar-refractivity contribution in [3.8, 4) is 0 Å². The molecule has 0 spiro atoms. The lowest BCUT2D eigenvalue weighted by atomic mass is 10.1. The summed E-state index contributed by atoms with van der Waals surface area (Å²) >= 11 is 1.36. The number of rotatable bonds is 5. The molecule has 0 radical (unpaired) electrons. The van der Waals surface area contributed by atoms with Crippen molar-refractivity contribution in [2.75, 3.05) is 0 Å². The van der Waals surface area contributed by atoms with Gasteiger partial charge in [0.15, 0.2) is 0 Å². The Bertz CT molecular complexity index is 797. The Balaban J connectivity index is 2.00. The van der Waals surface area contributed by atoms with Crippen molar-refractivity contribution < 1.29 is 13.2 Å². The lowest BCUT2D eigenvalue weighted by molar-refractivity contribution is -0.120. The number of sulfonamides is 1. The molecule has 6 nitrogen and oxygen atoms in total. The highest BCUT2D eigenvalue weighted by Gasteiger charge is 2.16. The van der Waals surface area contributed by atoms with Crippen LogP contribution in [0.4, 0.5) is 0 Å². The van der Waals surface area contributed by atoms with Gasteiger partial charge in [-0.25, -0.2) is 13.4 Å². The number of carbonyl (C=O) groups excluding carboxylic acids is 1. The Morgan fingerprint density at radius 3 is 2.55 bits per heavy atom. The molecule has 22 heavy (non-hydrogen) atoms. The SMILES string of the molecule is Cc1csc(CC(=O)NNS(=O)(=O)c2ccc(C)c(C)c2)n1. The Labute approximate surface area is 133 Å². The molecule has 0 fully saturated rings. The number of amides is 1. The number of hydrogen-bond donors (Lipinski definition) is 2. The first-order valence-corrected chi connectivity index (χ1v) is 8.93. The summed E-state index contributed by atoms with van der Waals surface area (Å²) in [5.41, 5.74) is 4.91. The second-order valence-electron chi connectivity index (χ2n) is 4.96. The molecular formula is C14H17N3O3S2. The summed E-state index contributed by atoms with van der Waals surface area (Å²) in [5.74, 6) is -0.457. The predicted molar refractivity (Wildman–Crippen MR) is 84.9 cm³/mol. The van der Waals surface area contributed by atoms with Crippen LogP contribution in [0.3, 0.4) is 0 Å². The monoisotopic (exact) mass is 339 g/mol. The Hall–Kier alpha value is -1.77. The molecule has 0 aliphatic rings. The molecule has 0 saturated carbocycles. The number of aryl methyl sites for hydroxylation is 3. The fraction of sp³-hybridized carbons (Fsp3) is 0.286. The van der Waals surface area contributed by atoms with Crippen LogP contribution in [0.2, 0.25) is 0 Å². The number of hydrazine groups is 1. The molecule has 0 aliphatic heterocycles. The van der Waals surface area contributed by atoms with E-state index in [4.69, 9.17) is 0 Å². The molecule has 0 atom stereocenters. The summed E-state index contributed by atoms with van der Waals surface area (Å²) in [6, 6.07) is 4.79. The minimum Gasteiger partial charge on any atom is -0.277 e. The van der Waals surface area contributed by atoms with E-state index in [-0.39, 0.29) is 11.3 Å². The summed E-state index contributed by atoms with van der Waals surface area (Å²) in [7, 11) is -3.78. The normalized spacial score (nSPS) is 11.4. The third-order valence-electron chi connectivity index (χ3n) is 3.09. The quantitative estimate of drug-likeness (QED) is 0.810. The Morgan fingerprint density at radius 1 is 1.23 bits per heavy atom. The Kier molecular flexibility index (Phi) is 4.94. The maximum absolute atomic E-state index is 12.1. The number of hydrogen-bond acceptors (Lipinski definition) is 5. The first kappa shape index (κ1) is 16.6. The van der Waals surface area contributed by atoms with Crippen LogP contribution < -0.4 is 10.3 Å². The van der Waals surface area contributed by atoms with Crippen LogP contribution in [0, 0.1) is 20.8 Å². The molecule has 1 aromatic heterocycles. The number of benzene rings is 1. The summed E-state index contributed by atoms with van der Waals surface area (Å²) in [6.07, 6.45) is 0.0357. The molecule has 118 valence electrons. The second-order valence-corrected chi connectivity index (χ2v) is 7.58. The van der Waals surface area contributed by atoms with E-state index in [1.165, 1.54) is 17.4 Å². The molecule has 0 aliphatic carbocycles. The zero-order chi connectivity index (χ0) is 16.3. The number of nitrogens with zero attached hydrogens (tertiary/aromatic N) is 1. The fourth-order valence-electron chi connectivity index (χ4n) is 1.73. The summed E-state index contributed by atoms with van der Waals surface area (Å²) < 4.78 is 24.2. The highest BCUT2D eigenvalue weighted by atomic mass is 32.2. The molecule has 2 N–H and O–H groups in total. The van der Waals surface area contributed by atoms with Crippen LogP contribution in [0.25, 0.3) is 0 Å². The predicted octanol–water partition coefficient (Wildman–Crippen LogP) is 1.62. The van der Waals surface area contributed by atoms with Crippen molar-refractivity contribution in [2.24, 2.45) is 0 Å². The van der Waals surface area contributed by atoms with Gasteiger partial charge in [-0.05, 0) is 44.0 Å². The van der Waals surface area contributed by atoms with E-state index in [9.17, 15) is 13.2 Å². The van der Waals surface area contributed by atoms with Crippen molar-refractivity contribution in [3.63, 3.8) is 0 Å².